The van der Waals surface area contributed by atoms with E-state index in [1.807, 2.05) is 0 Å². The van der Waals surface area contributed by atoms with E-state index in [0.717, 1.165) is 0 Å². The predicted octanol–water partition coefficient (Wildman–Crippen LogP) is -1.34. The van der Waals surface area contributed by atoms with Crippen molar-refractivity contribution in [3.8, 4) is 0 Å². The highest BCUT2D eigenvalue weighted by Gasteiger charge is 2.41. The van der Waals surface area contributed by atoms with Crippen LogP contribution in [-0.4, -0.2) is 31.5 Å². The number of hydrogen-bond donors (Lipinski definition) is 3. The maximum Gasteiger partial charge on any atom is 0.259 e. The Labute approximate surface area is 81.6 Å². The highest BCUT2D eigenvalue weighted by Crippen LogP contribution is 2.20. The van der Waals surface area contributed by atoms with Crippen LogP contribution in [0.2, 0.25) is 0 Å². The second kappa shape index (κ2) is 4.10. The first kappa shape index (κ1) is 10.5. The maximum atomic E-state index is 11.5. The van der Waals surface area contributed by atoms with Gasteiger partial charge in [0.15, 0.2) is 0 Å². The van der Waals surface area contributed by atoms with Crippen molar-refractivity contribution in [1.29, 1.82) is 0 Å². The van der Waals surface area contributed by atoms with Crippen LogP contribution in [0.25, 0.3) is 0 Å². The molecule has 0 saturated heterocycles. The van der Waals surface area contributed by atoms with Gasteiger partial charge in [-0.3, -0.25) is 19.9 Å². The van der Waals surface area contributed by atoms with Gasteiger partial charge < -0.3 is 10.6 Å². The van der Waals surface area contributed by atoms with E-state index in [9.17, 15) is 9.59 Å². The zero-order valence-corrected chi connectivity index (χ0v) is 8.09. The van der Waals surface area contributed by atoms with E-state index in [1.165, 1.54) is 26.4 Å². The van der Waals surface area contributed by atoms with E-state index in [0.29, 0.717) is 0 Å². The van der Waals surface area contributed by atoms with Gasteiger partial charge in [0.05, 0.1) is 6.42 Å². The molecule has 0 fully saturated rings. The lowest BCUT2D eigenvalue weighted by Crippen LogP contribution is -2.48. The van der Waals surface area contributed by atoms with Crippen LogP contribution in [0.1, 0.15) is 6.42 Å². The van der Waals surface area contributed by atoms with Crippen LogP contribution in [0.4, 0.5) is 0 Å². The van der Waals surface area contributed by atoms with Crippen LogP contribution in [0.15, 0.2) is 12.3 Å². The van der Waals surface area contributed by atoms with E-state index in [4.69, 9.17) is 4.84 Å². The zero-order chi connectivity index (χ0) is 10.6. The Balaban J connectivity index is 2.77. The van der Waals surface area contributed by atoms with Crippen molar-refractivity contribution >= 4 is 11.8 Å². The number of amides is 2. The Bertz CT molecular complexity index is 277. The fourth-order valence-corrected chi connectivity index (χ4v) is 1.18. The summed E-state index contributed by atoms with van der Waals surface area (Å²) in [4.78, 5) is 27.7. The van der Waals surface area contributed by atoms with Gasteiger partial charge in [0.2, 0.25) is 11.5 Å². The van der Waals surface area contributed by atoms with Gasteiger partial charge in [0.25, 0.3) is 5.91 Å². The minimum absolute atomic E-state index is 0.0489. The highest BCUT2D eigenvalue weighted by atomic mass is 16.7. The molecular weight excluding hydrogens is 186 g/mol. The Morgan fingerprint density at radius 2 is 2.14 bits per heavy atom. The van der Waals surface area contributed by atoms with Crippen LogP contribution in [0, 0.1) is 0 Å². The summed E-state index contributed by atoms with van der Waals surface area (Å²) in [6.45, 7) is 0. The van der Waals surface area contributed by atoms with E-state index in [2.05, 4.69) is 16.1 Å². The molecule has 1 heterocycles. The molecule has 6 heteroatoms. The predicted molar refractivity (Wildman–Crippen MR) is 48.8 cm³/mol. The summed E-state index contributed by atoms with van der Waals surface area (Å²) < 4.78 is 0. The molecule has 0 aromatic rings. The molecule has 0 bridgehead atoms. The number of nitrogens with one attached hydrogen (secondary N) is 3. The van der Waals surface area contributed by atoms with Crippen molar-refractivity contribution in [2.45, 2.75) is 12.0 Å². The number of rotatable bonds is 3. The maximum absolute atomic E-state index is 11.5. The second-order valence-electron chi connectivity index (χ2n) is 2.87. The number of hydroxylamine groups is 1. The van der Waals surface area contributed by atoms with Crippen molar-refractivity contribution < 1.29 is 14.4 Å². The van der Waals surface area contributed by atoms with Gasteiger partial charge >= 0.3 is 0 Å². The van der Waals surface area contributed by atoms with Gasteiger partial charge in [-0.1, -0.05) is 0 Å². The molecule has 0 aliphatic carbocycles. The van der Waals surface area contributed by atoms with Crippen molar-refractivity contribution in [1.82, 2.24) is 16.1 Å². The van der Waals surface area contributed by atoms with Crippen molar-refractivity contribution in [2.75, 3.05) is 14.1 Å². The molecule has 1 unspecified atom stereocenters. The van der Waals surface area contributed by atoms with Gasteiger partial charge in [-0.2, -0.15) is 0 Å². The van der Waals surface area contributed by atoms with E-state index >= 15 is 0 Å². The van der Waals surface area contributed by atoms with Gasteiger partial charge in [-0.25, -0.2) is 0 Å². The molecule has 1 aliphatic rings. The van der Waals surface area contributed by atoms with Gasteiger partial charge in [-0.05, 0) is 6.08 Å². The van der Waals surface area contributed by atoms with Crippen LogP contribution >= 0.6 is 0 Å². The molecule has 0 radical (unpaired) electrons. The van der Waals surface area contributed by atoms with Gasteiger partial charge in [0.1, 0.15) is 0 Å². The SMILES string of the molecule is CNC(=O)CC1(C(=O)NC)C=CNO1. The average molecular weight is 199 g/mol. The third-order valence-electron chi connectivity index (χ3n) is 1.98. The fourth-order valence-electron chi connectivity index (χ4n) is 1.18. The molecule has 0 saturated carbocycles. The number of carbonyl (C=O) groups excluding carboxylic acids is 2. The smallest absolute Gasteiger partial charge is 0.259 e. The minimum atomic E-state index is -1.23. The summed E-state index contributed by atoms with van der Waals surface area (Å²) in [6.07, 6.45) is 2.95. The highest BCUT2D eigenvalue weighted by molar-refractivity contribution is 5.93. The quantitative estimate of drug-likeness (QED) is 0.525. The zero-order valence-electron chi connectivity index (χ0n) is 8.09. The first-order valence-electron chi connectivity index (χ1n) is 4.18. The lowest BCUT2D eigenvalue weighted by atomic mass is 9.98. The first-order valence-corrected chi connectivity index (χ1v) is 4.18. The summed E-state index contributed by atoms with van der Waals surface area (Å²) in [7, 11) is 3.00. The summed E-state index contributed by atoms with van der Waals surface area (Å²) >= 11 is 0. The first-order chi connectivity index (χ1) is 6.64. The molecule has 6 nitrogen and oxygen atoms in total. The second-order valence-corrected chi connectivity index (χ2v) is 2.87. The molecule has 1 aliphatic heterocycles. The molecule has 2 amide bonds. The summed E-state index contributed by atoms with van der Waals surface area (Å²) in [5.74, 6) is -0.621. The van der Waals surface area contributed by atoms with Crippen molar-refractivity contribution in [3.63, 3.8) is 0 Å². The largest absolute Gasteiger partial charge is 0.359 e. The van der Waals surface area contributed by atoms with Crippen LogP contribution in [0.3, 0.4) is 0 Å². The molecule has 78 valence electrons. The Morgan fingerprint density at radius 1 is 1.43 bits per heavy atom. The van der Waals surface area contributed by atoms with Crippen LogP contribution in [0.5, 0.6) is 0 Å². The third kappa shape index (κ3) is 1.85. The number of likely N-dealkylation sites (N-methyl/N-ethyl adjacent to an activating group) is 1. The lowest BCUT2D eigenvalue weighted by molar-refractivity contribution is -0.148. The normalized spacial score (nSPS) is 24.1. The molecule has 1 atom stereocenters. The van der Waals surface area contributed by atoms with Crippen molar-refractivity contribution in [3.05, 3.63) is 12.3 Å². The Morgan fingerprint density at radius 3 is 2.57 bits per heavy atom. The van der Waals surface area contributed by atoms with E-state index in [1.54, 1.807) is 0 Å². The molecule has 0 aromatic heterocycles. The molecule has 0 aromatic carbocycles. The average Bonchev–Trinajstić information content (AvgIpc) is 2.66. The van der Waals surface area contributed by atoms with Crippen molar-refractivity contribution in [2.24, 2.45) is 0 Å². The summed E-state index contributed by atoms with van der Waals surface area (Å²) in [6, 6.07) is 0. The van der Waals surface area contributed by atoms with E-state index < -0.39 is 5.60 Å². The van der Waals surface area contributed by atoms with Gasteiger partial charge in [0, 0.05) is 20.3 Å². The molecule has 3 N–H and O–H groups in total. The third-order valence-corrected chi connectivity index (χ3v) is 1.98. The Hall–Kier alpha value is -1.56. The summed E-state index contributed by atoms with van der Waals surface area (Å²) in [5.41, 5.74) is 1.21. The number of hydrogen-bond acceptors (Lipinski definition) is 4. The van der Waals surface area contributed by atoms with E-state index in [-0.39, 0.29) is 18.2 Å². The standard InChI is InChI=1S/C8H13N3O3/c1-9-6(12)5-8(7(13)10-2)3-4-11-14-8/h3-4,11H,5H2,1-2H3,(H,9,12)(H,10,13). The monoisotopic (exact) mass is 199 g/mol. The molecular formula is C8H13N3O3. The molecule has 1 rings (SSSR count). The lowest BCUT2D eigenvalue weighted by Gasteiger charge is -2.22. The van der Waals surface area contributed by atoms with Crippen LogP contribution in [-0.2, 0) is 14.4 Å². The Kier molecular flexibility index (Phi) is 3.08. The minimum Gasteiger partial charge on any atom is -0.359 e. The number of carbonyl (C=O) groups is 2. The molecule has 14 heavy (non-hydrogen) atoms. The topological polar surface area (TPSA) is 79.5 Å². The fraction of sp³-hybridized carbons (Fsp3) is 0.500. The summed E-state index contributed by atoms with van der Waals surface area (Å²) in [5, 5.41) is 4.88. The molecule has 0 spiro atoms. The van der Waals surface area contributed by atoms with Crippen LogP contribution < -0.4 is 16.1 Å². The van der Waals surface area contributed by atoms with Gasteiger partial charge in [-0.15, -0.1) is 0 Å².